The van der Waals surface area contributed by atoms with Gasteiger partial charge in [-0.1, -0.05) is 6.92 Å². The zero-order chi connectivity index (χ0) is 9.61. The van der Waals surface area contributed by atoms with Crippen LogP contribution in [0.4, 0.5) is 4.79 Å². The van der Waals surface area contributed by atoms with Crippen molar-refractivity contribution in [2.45, 2.75) is 39.7 Å². The maximum atomic E-state index is 10.8. The molecule has 4 heteroatoms. The molecule has 0 atom stereocenters. The molecule has 0 radical (unpaired) electrons. The summed E-state index contributed by atoms with van der Waals surface area (Å²) in [4.78, 5) is 19.6. The first-order chi connectivity index (χ1) is 5.45. The van der Waals surface area contributed by atoms with E-state index in [9.17, 15) is 4.79 Å². The fourth-order valence-electron chi connectivity index (χ4n) is 0.440. The van der Waals surface area contributed by atoms with Crippen LogP contribution < -0.4 is 0 Å². The van der Waals surface area contributed by atoms with Crippen molar-refractivity contribution >= 4 is 6.16 Å². The Morgan fingerprint density at radius 1 is 1.33 bits per heavy atom. The first kappa shape index (κ1) is 11.2. The Labute approximate surface area is 72.7 Å². The van der Waals surface area contributed by atoms with E-state index in [1.165, 1.54) is 0 Å². The molecule has 0 heterocycles. The molecule has 12 heavy (non-hydrogen) atoms. The van der Waals surface area contributed by atoms with Crippen LogP contribution in [-0.4, -0.2) is 18.4 Å². The average Bonchev–Trinajstić information content (AvgIpc) is 1.84. The van der Waals surface area contributed by atoms with Crippen LogP contribution in [0.3, 0.4) is 0 Å². The highest BCUT2D eigenvalue weighted by atomic mass is 17.2. The molecule has 0 aromatic heterocycles. The molecule has 0 aromatic carbocycles. The number of hydrogen-bond donors (Lipinski definition) is 0. The minimum absolute atomic E-state index is 0.388. The van der Waals surface area contributed by atoms with Crippen molar-refractivity contribution in [3.63, 3.8) is 0 Å². The zero-order valence-electron chi connectivity index (χ0n) is 8.05. The van der Waals surface area contributed by atoms with E-state index in [2.05, 4.69) is 9.78 Å². The fourth-order valence-corrected chi connectivity index (χ4v) is 0.440. The van der Waals surface area contributed by atoms with E-state index in [0.717, 1.165) is 6.42 Å². The van der Waals surface area contributed by atoms with Crippen LogP contribution in [0, 0.1) is 0 Å². The lowest BCUT2D eigenvalue weighted by Crippen LogP contribution is -2.24. The van der Waals surface area contributed by atoms with Gasteiger partial charge in [-0.05, 0) is 27.2 Å². The second-order valence-corrected chi connectivity index (χ2v) is 3.37. The quantitative estimate of drug-likeness (QED) is 0.286. The molecule has 0 aromatic rings. The van der Waals surface area contributed by atoms with Crippen molar-refractivity contribution in [2.75, 3.05) is 6.61 Å². The predicted molar refractivity (Wildman–Crippen MR) is 43.6 cm³/mol. The van der Waals surface area contributed by atoms with Crippen molar-refractivity contribution in [2.24, 2.45) is 0 Å². The van der Waals surface area contributed by atoms with Gasteiger partial charge in [0, 0.05) is 0 Å². The van der Waals surface area contributed by atoms with Crippen LogP contribution in [0.25, 0.3) is 0 Å². The monoisotopic (exact) mass is 176 g/mol. The molecule has 0 spiro atoms. The van der Waals surface area contributed by atoms with Gasteiger partial charge in [-0.2, -0.15) is 4.89 Å². The number of carbonyl (C=O) groups excluding carboxylic acids is 1. The largest absolute Gasteiger partial charge is 0.540 e. The lowest BCUT2D eigenvalue weighted by molar-refractivity contribution is -0.260. The van der Waals surface area contributed by atoms with Gasteiger partial charge in [0.1, 0.15) is 5.60 Å². The fraction of sp³-hybridized carbons (Fsp3) is 0.875. The van der Waals surface area contributed by atoms with Gasteiger partial charge in [-0.25, -0.2) is 4.79 Å². The summed E-state index contributed by atoms with van der Waals surface area (Å²) in [7, 11) is 0. The third-order valence-corrected chi connectivity index (χ3v) is 0.804. The Hall–Kier alpha value is -0.770. The summed E-state index contributed by atoms with van der Waals surface area (Å²) in [6, 6.07) is 0. The number of rotatable bonds is 3. The second kappa shape index (κ2) is 4.98. The minimum Gasteiger partial charge on any atom is -0.427 e. The number of hydrogen-bond acceptors (Lipinski definition) is 4. The summed E-state index contributed by atoms with van der Waals surface area (Å²) in [6.07, 6.45) is -0.000974. The predicted octanol–water partition coefficient (Wildman–Crippen LogP) is 2.28. The number of ether oxygens (including phenoxy) is 1. The summed E-state index contributed by atoms with van der Waals surface area (Å²) in [5.41, 5.74) is -0.535. The Morgan fingerprint density at radius 3 is 2.33 bits per heavy atom. The third-order valence-electron chi connectivity index (χ3n) is 0.804. The van der Waals surface area contributed by atoms with Gasteiger partial charge in [-0.15, -0.1) is 0 Å². The Bertz CT molecular complexity index is 136. The summed E-state index contributed by atoms with van der Waals surface area (Å²) in [6.45, 7) is 7.58. The maximum Gasteiger partial charge on any atom is 0.540 e. The molecule has 0 bridgehead atoms. The smallest absolute Gasteiger partial charge is 0.427 e. The molecule has 0 aliphatic carbocycles. The van der Waals surface area contributed by atoms with Crippen LogP contribution in [0.5, 0.6) is 0 Å². The molecule has 0 saturated heterocycles. The molecule has 0 aliphatic heterocycles. The van der Waals surface area contributed by atoms with E-state index in [1.54, 1.807) is 20.8 Å². The first-order valence-corrected chi connectivity index (χ1v) is 3.98. The Balaban J connectivity index is 3.47. The van der Waals surface area contributed by atoms with Crippen LogP contribution in [0.1, 0.15) is 34.1 Å². The third kappa shape index (κ3) is 7.34. The summed E-state index contributed by atoms with van der Waals surface area (Å²) >= 11 is 0. The van der Waals surface area contributed by atoms with Gasteiger partial charge in [0.05, 0.1) is 6.61 Å². The van der Waals surface area contributed by atoms with Crippen molar-refractivity contribution in [1.29, 1.82) is 0 Å². The van der Waals surface area contributed by atoms with Crippen molar-refractivity contribution in [3.05, 3.63) is 0 Å². The van der Waals surface area contributed by atoms with E-state index < -0.39 is 11.8 Å². The highest BCUT2D eigenvalue weighted by Crippen LogP contribution is 2.07. The van der Waals surface area contributed by atoms with Gasteiger partial charge < -0.3 is 4.74 Å². The first-order valence-electron chi connectivity index (χ1n) is 3.98. The van der Waals surface area contributed by atoms with Crippen LogP contribution in [0.2, 0.25) is 0 Å². The summed E-state index contributed by atoms with van der Waals surface area (Å²) in [5.74, 6) is 0. The standard InChI is InChI=1S/C8H16O4/c1-5-6-10-12-7(9)11-8(2,3)4/h5-6H2,1-4H3. The van der Waals surface area contributed by atoms with Gasteiger partial charge in [-0.3, -0.25) is 4.89 Å². The molecule has 0 aliphatic rings. The molecule has 0 N–H and O–H groups in total. The lowest BCUT2D eigenvalue weighted by atomic mass is 10.2. The SMILES string of the molecule is CCCOOC(=O)OC(C)(C)C. The maximum absolute atomic E-state index is 10.8. The lowest BCUT2D eigenvalue weighted by Gasteiger charge is -2.17. The van der Waals surface area contributed by atoms with Crippen LogP contribution >= 0.6 is 0 Å². The molecule has 72 valence electrons. The van der Waals surface area contributed by atoms with E-state index in [4.69, 9.17) is 4.74 Å². The zero-order valence-corrected chi connectivity index (χ0v) is 8.05. The van der Waals surface area contributed by atoms with Crippen LogP contribution in [-0.2, 0) is 14.5 Å². The van der Waals surface area contributed by atoms with Crippen molar-refractivity contribution in [3.8, 4) is 0 Å². The summed E-state index contributed by atoms with van der Waals surface area (Å²) in [5, 5.41) is 0. The second-order valence-electron chi connectivity index (χ2n) is 3.37. The van der Waals surface area contributed by atoms with Crippen LogP contribution in [0.15, 0.2) is 0 Å². The van der Waals surface area contributed by atoms with E-state index in [1.807, 2.05) is 6.92 Å². The average molecular weight is 176 g/mol. The topological polar surface area (TPSA) is 44.8 Å². The molecule has 0 saturated carbocycles. The van der Waals surface area contributed by atoms with E-state index >= 15 is 0 Å². The molecule has 0 unspecified atom stereocenters. The Morgan fingerprint density at radius 2 is 1.92 bits per heavy atom. The molecular formula is C8H16O4. The van der Waals surface area contributed by atoms with Gasteiger partial charge in [0.15, 0.2) is 0 Å². The van der Waals surface area contributed by atoms with Gasteiger partial charge >= 0.3 is 6.16 Å². The minimum atomic E-state index is -0.795. The van der Waals surface area contributed by atoms with Gasteiger partial charge in [0.25, 0.3) is 0 Å². The highest BCUT2D eigenvalue weighted by molar-refractivity contribution is 5.59. The van der Waals surface area contributed by atoms with E-state index in [-0.39, 0.29) is 0 Å². The highest BCUT2D eigenvalue weighted by Gasteiger charge is 2.17. The Kier molecular flexibility index (Phi) is 4.66. The normalized spacial score (nSPS) is 11.0. The summed E-state index contributed by atoms with van der Waals surface area (Å²) < 4.78 is 4.80. The molecule has 0 fully saturated rings. The van der Waals surface area contributed by atoms with Crippen molar-refractivity contribution < 1.29 is 19.3 Å². The molecular weight excluding hydrogens is 160 g/mol. The van der Waals surface area contributed by atoms with Gasteiger partial charge in [0.2, 0.25) is 0 Å². The number of carbonyl (C=O) groups is 1. The molecule has 4 nitrogen and oxygen atoms in total. The van der Waals surface area contributed by atoms with Crippen molar-refractivity contribution in [1.82, 2.24) is 0 Å². The van der Waals surface area contributed by atoms with E-state index in [0.29, 0.717) is 6.61 Å². The molecule has 0 amide bonds. The molecule has 0 rings (SSSR count).